The molecule has 1 aliphatic rings. The predicted octanol–water partition coefficient (Wildman–Crippen LogP) is 2.96. The Kier molecular flexibility index (Phi) is 5.20. The number of benzene rings is 1. The molecule has 1 amide bonds. The Morgan fingerprint density at radius 1 is 1.21 bits per heavy atom. The molecular weight excluding hydrogens is 305 g/mol. The number of aromatic nitrogens is 1. The van der Waals surface area contributed by atoms with Gasteiger partial charge < -0.3 is 4.90 Å². The largest absolute Gasteiger partial charge is 0.337 e. The van der Waals surface area contributed by atoms with Gasteiger partial charge in [-0.2, -0.15) is 4.39 Å². The fourth-order valence-corrected chi connectivity index (χ4v) is 3.08. The van der Waals surface area contributed by atoms with E-state index in [2.05, 4.69) is 28.9 Å². The Morgan fingerprint density at radius 3 is 2.75 bits per heavy atom. The summed E-state index contributed by atoms with van der Waals surface area (Å²) in [5, 5.41) is 0. The molecule has 1 fully saturated rings. The molecule has 5 heteroatoms. The lowest BCUT2D eigenvalue weighted by atomic mass is 10.1. The maximum atomic E-state index is 13.3. The summed E-state index contributed by atoms with van der Waals surface area (Å²) in [5.41, 5.74) is 1.65. The van der Waals surface area contributed by atoms with E-state index in [1.807, 2.05) is 23.1 Å². The highest BCUT2D eigenvalue weighted by Crippen LogP contribution is 2.16. The minimum Gasteiger partial charge on any atom is -0.337 e. The van der Waals surface area contributed by atoms with E-state index in [1.165, 1.54) is 17.8 Å². The van der Waals surface area contributed by atoms with Gasteiger partial charge in [0.2, 0.25) is 5.95 Å². The monoisotopic (exact) mass is 327 g/mol. The summed E-state index contributed by atoms with van der Waals surface area (Å²) < 4.78 is 13.3. The number of rotatable bonds is 3. The fourth-order valence-electron chi connectivity index (χ4n) is 3.08. The molecule has 0 radical (unpaired) electrons. The number of hydrogen-bond acceptors (Lipinski definition) is 3. The molecule has 0 unspecified atom stereocenters. The number of halogens is 1. The van der Waals surface area contributed by atoms with Crippen molar-refractivity contribution in [2.24, 2.45) is 0 Å². The SMILES string of the molecule is C[C@@H]1CCN(C(=O)c2ccnc(F)c2)CCN1Cc1ccccc1. The first-order valence-electron chi connectivity index (χ1n) is 8.32. The quantitative estimate of drug-likeness (QED) is 0.813. The molecule has 0 spiro atoms. The van der Waals surface area contributed by atoms with Crippen molar-refractivity contribution < 1.29 is 9.18 Å². The van der Waals surface area contributed by atoms with Crippen LogP contribution in [0.1, 0.15) is 29.3 Å². The predicted molar refractivity (Wildman–Crippen MR) is 91.0 cm³/mol. The van der Waals surface area contributed by atoms with Crippen LogP contribution in [0, 0.1) is 5.95 Å². The Labute approximate surface area is 141 Å². The standard InChI is InChI=1S/C19H22FN3O/c1-15-8-10-22(19(24)17-7-9-21-18(20)13-17)11-12-23(15)14-16-5-3-2-4-6-16/h2-7,9,13,15H,8,10-12,14H2,1H3/t15-/m1/s1. The first-order valence-corrected chi connectivity index (χ1v) is 8.32. The van der Waals surface area contributed by atoms with E-state index < -0.39 is 5.95 Å². The van der Waals surface area contributed by atoms with Crippen molar-refractivity contribution in [1.82, 2.24) is 14.8 Å². The van der Waals surface area contributed by atoms with E-state index in [0.29, 0.717) is 24.7 Å². The molecule has 0 N–H and O–H groups in total. The van der Waals surface area contributed by atoms with Crippen molar-refractivity contribution in [3.05, 3.63) is 65.7 Å². The topological polar surface area (TPSA) is 36.4 Å². The molecular formula is C19H22FN3O. The second-order valence-electron chi connectivity index (χ2n) is 6.25. The van der Waals surface area contributed by atoms with Crippen molar-refractivity contribution in [2.75, 3.05) is 19.6 Å². The third-order valence-corrected chi connectivity index (χ3v) is 4.59. The maximum absolute atomic E-state index is 13.3. The summed E-state index contributed by atoms with van der Waals surface area (Å²) in [6, 6.07) is 13.5. The molecule has 1 saturated heterocycles. The Morgan fingerprint density at radius 2 is 2.00 bits per heavy atom. The van der Waals surface area contributed by atoms with E-state index >= 15 is 0 Å². The van der Waals surface area contributed by atoms with Gasteiger partial charge in [0.25, 0.3) is 5.91 Å². The van der Waals surface area contributed by atoms with Gasteiger partial charge in [0, 0.05) is 50.0 Å². The number of nitrogens with zero attached hydrogens (tertiary/aromatic N) is 3. The fraction of sp³-hybridized carbons (Fsp3) is 0.368. The zero-order valence-electron chi connectivity index (χ0n) is 13.9. The second kappa shape index (κ2) is 7.53. The third kappa shape index (κ3) is 3.97. The average Bonchev–Trinajstić information content (AvgIpc) is 2.78. The molecule has 1 aromatic heterocycles. The van der Waals surface area contributed by atoms with Gasteiger partial charge in [0.1, 0.15) is 0 Å². The molecule has 2 aromatic rings. The van der Waals surface area contributed by atoms with Crippen LogP contribution in [0.4, 0.5) is 4.39 Å². The molecule has 2 heterocycles. The lowest BCUT2D eigenvalue weighted by Crippen LogP contribution is -2.36. The summed E-state index contributed by atoms with van der Waals surface area (Å²) in [4.78, 5) is 20.3. The first-order chi connectivity index (χ1) is 11.6. The minimum atomic E-state index is -0.616. The van der Waals surface area contributed by atoms with Gasteiger partial charge in [-0.15, -0.1) is 0 Å². The molecule has 1 aliphatic heterocycles. The molecule has 4 nitrogen and oxygen atoms in total. The summed E-state index contributed by atoms with van der Waals surface area (Å²) in [6.07, 6.45) is 2.25. The first kappa shape index (κ1) is 16.6. The molecule has 0 aliphatic carbocycles. The average molecular weight is 327 g/mol. The van der Waals surface area contributed by atoms with E-state index in [1.54, 1.807) is 6.07 Å². The Hall–Kier alpha value is -2.27. The number of pyridine rings is 1. The van der Waals surface area contributed by atoms with E-state index in [4.69, 9.17) is 0 Å². The number of carbonyl (C=O) groups is 1. The molecule has 126 valence electrons. The van der Waals surface area contributed by atoms with E-state index in [0.717, 1.165) is 19.5 Å². The summed E-state index contributed by atoms with van der Waals surface area (Å²) >= 11 is 0. The van der Waals surface area contributed by atoms with Crippen LogP contribution in [-0.4, -0.2) is 46.4 Å². The van der Waals surface area contributed by atoms with Crippen molar-refractivity contribution in [2.45, 2.75) is 25.9 Å². The van der Waals surface area contributed by atoms with Crippen molar-refractivity contribution >= 4 is 5.91 Å². The lowest BCUT2D eigenvalue weighted by Gasteiger charge is -2.26. The number of amides is 1. The highest BCUT2D eigenvalue weighted by atomic mass is 19.1. The Balaban J connectivity index is 1.66. The van der Waals surface area contributed by atoms with Crippen LogP contribution in [0.2, 0.25) is 0 Å². The van der Waals surface area contributed by atoms with Crippen molar-refractivity contribution in [3.63, 3.8) is 0 Å². The van der Waals surface area contributed by atoms with Crippen LogP contribution >= 0.6 is 0 Å². The van der Waals surface area contributed by atoms with E-state index in [-0.39, 0.29) is 5.91 Å². The highest BCUT2D eigenvalue weighted by Gasteiger charge is 2.24. The molecule has 1 aromatic carbocycles. The van der Waals surface area contributed by atoms with Gasteiger partial charge in [-0.3, -0.25) is 9.69 Å². The third-order valence-electron chi connectivity index (χ3n) is 4.59. The second-order valence-corrected chi connectivity index (χ2v) is 6.25. The van der Waals surface area contributed by atoms with Gasteiger partial charge in [0.15, 0.2) is 0 Å². The maximum Gasteiger partial charge on any atom is 0.254 e. The normalized spacial score (nSPS) is 19.1. The van der Waals surface area contributed by atoms with Crippen LogP contribution in [0.3, 0.4) is 0 Å². The molecule has 0 saturated carbocycles. The van der Waals surface area contributed by atoms with Crippen LogP contribution in [0.25, 0.3) is 0 Å². The van der Waals surface area contributed by atoms with Crippen LogP contribution in [0.5, 0.6) is 0 Å². The highest BCUT2D eigenvalue weighted by molar-refractivity contribution is 5.94. The van der Waals surface area contributed by atoms with Crippen molar-refractivity contribution in [1.29, 1.82) is 0 Å². The molecule has 3 rings (SSSR count). The van der Waals surface area contributed by atoms with Gasteiger partial charge in [-0.05, 0) is 25.0 Å². The summed E-state index contributed by atoms with van der Waals surface area (Å²) in [6.45, 7) is 5.24. The van der Waals surface area contributed by atoms with Crippen LogP contribution in [-0.2, 0) is 6.54 Å². The van der Waals surface area contributed by atoms with Gasteiger partial charge in [-0.1, -0.05) is 30.3 Å². The van der Waals surface area contributed by atoms with Crippen LogP contribution < -0.4 is 0 Å². The zero-order chi connectivity index (χ0) is 16.9. The van der Waals surface area contributed by atoms with Gasteiger partial charge in [-0.25, -0.2) is 4.98 Å². The lowest BCUT2D eigenvalue weighted by molar-refractivity contribution is 0.0760. The van der Waals surface area contributed by atoms with Gasteiger partial charge in [0.05, 0.1) is 0 Å². The van der Waals surface area contributed by atoms with Crippen LogP contribution in [0.15, 0.2) is 48.7 Å². The van der Waals surface area contributed by atoms with Gasteiger partial charge >= 0.3 is 0 Å². The molecule has 24 heavy (non-hydrogen) atoms. The molecule has 0 bridgehead atoms. The summed E-state index contributed by atoms with van der Waals surface area (Å²) in [5.74, 6) is -0.736. The molecule has 1 atom stereocenters. The minimum absolute atomic E-state index is 0.120. The smallest absolute Gasteiger partial charge is 0.254 e. The number of hydrogen-bond donors (Lipinski definition) is 0. The number of carbonyl (C=O) groups excluding carboxylic acids is 1. The Bertz CT molecular complexity index is 692. The van der Waals surface area contributed by atoms with E-state index in [9.17, 15) is 9.18 Å². The summed E-state index contributed by atoms with van der Waals surface area (Å²) in [7, 11) is 0. The zero-order valence-corrected chi connectivity index (χ0v) is 13.9. The van der Waals surface area contributed by atoms with Crippen molar-refractivity contribution in [3.8, 4) is 0 Å².